The van der Waals surface area contributed by atoms with Crippen molar-refractivity contribution in [3.05, 3.63) is 59.6 Å². The predicted molar refractivity (Wildman–Crippen MR) is 85.2 cm³/mol. The van der Waals surface area contributed by atoms with E-state index in [2.05, 4.69) is 15.4 Å². The van der Waals surface area contributed by atoms with Crippen molar-refractivity contribution in [2.75, 3.05) is 5.32 Å². The largest absolute Gasteiger partial charge is 0.308 e. The standard InChI is InChI=1S/C16H13FN4OS/c17-12-4-2-1-3-11(12)16(6-7-16)15(22)19-13-5-8-21(20-13)14-9-18-10-23-14/h1-5,8-10H,6-7H2,(H,19,20,22). The highest BCUT2D eigenvalue weighted by Crippen LogP contribution is 2.49. The van der Waals surface area contributed by atoms with Gasteiger partial charge in [0.15, 0.2) is 5.82 Å². The van der Waals surface area contributed by atoms with Gasteiger partial charge in [-0.15, -0.1) is 16.4 Å². The summed E-state index contributed by atoms with van der Waals surface area (Å²) in [7, 11) is 0. The van der Waals surface area contributed by atoms with Crippen LogP contribution in [-0.4, -0.2) is 20.7 Å². The lowest BCUT2D eigenvalue weighted by molar-refractivity contribution is -0.118. The summed E-state index contributed by atoms with van der Waals surface area (Å²) in [6.45, 7) is 0. The summed E-state index contributed by atoms with van der Waals surface area (Å²) in [6.07, 6.45) is 4.75. The van der Waals surface area contributed by atoms with Crippen LogP contribution in [0.3, 0.4) is 0 Å². The van der Waals surface area contributed by atoms with Crippen LogP contribution in [0.5, 0.6) is 0 Å². The van der Waals surface area contributed by atoms with E-state index in [1.165, 1.54) is 17.4 Å². The van der Waals surface area contributed by atoms with Gasteiger partial charge in [-0.1, -0.05) is 18.2 Å². The van der Waals surface area contributed by atoms with Gasteiger partial charge in [0.25, 0.3) is 0 Å². The average molecular weight is 328 g/mol. The number of carbonyl (C=O) groups excluding carboxylic acids is 1. The summed E-state index contributed by atoms with van der Waals surface area (Å²) >= 11 is 1.45. The summed E-state index contributed by atoms with van der Waals surface area (Å²) < 4.78 is 15.7. The molecule has 2 aromatic heterocycles. The number of nitrogens with zero attached hydrogens (tertiary/aromatic N) is 3. The Kier molecular flexibility index (Phi) is 3.23. The molecule has 0 aliphatic heterocycles. The topological polar surface area (TPSA) is 59.8 Å². The van der Waals surface area contributed by atoms with E-state index in [1.807, 2.05) is 0 Å². The third-order valence-electron chi connectivity index (χ3n) is 4.05. The highest BCUT2D eigenvalue weighted by atomic mass is 32.1. The Labute approximate surface area is 135 Å². The molecule has 1 fully saturated rings. The summed E-state index contributed by atoms with van der Waals surface area (Å²) in [5.74, 6) is -0.0986. The lowest BCUT2D eigenvalue weighted by atomic mass is 9.94. The maximum atomic E-state index is 14.0. The van der Waals surface area contributed by atoms with E-state index < -0.39 is 5.41 Å². The molecular formula is C16H13FN4OS. The van der Waals surface area contributed by atoms with Crippen LogP contribution in [0.4, 0.5) is 10.2 Å². The number of rotatable bonds is 4. The fourth-order valence-electron chi connectivity index (χ4n) is 2.66. The second-order valence-corrected chi connectivity index (χ2v) is 6.37. The van der Waals surface area contributed by atoms with E-state index in [9.17, 15) is 9.18 Å². The number of thiazole rings is 1. The quantitative estimate of drug-likeness (QED) is 0.800. The third kappa shape index (κ3) is 2.43. The predicted octanol–water partition coefficient (Wildman–Crippen LogP) is 3.14. The normalized spacial score (nSPS) is 15.3. The summed E-state index contributed by atoms with van der Waals surface area (Å²) in [6, 6.07) is 8.17. The van der Waals surface area contributed by atoms with Gasteiger partial charge in [0.1, 0.15) is 10.8 Å². The zero-order valence-corrected chi connectivity index (χ0v) is 12.9. The van der Waals surface area contributed by atoms with Crippen LogP contribution in [0.25, 0.3) is 5.00 Å². The zero-order chi connectivity index (χ0) is 15.9. The number of benzene rings is 1. The number of amides is 1. The van der Waals surface area contributed by atoms with Gasteiger partial charge in [-0.05, 0) is 18.9 Å². The molecule has 116 valence electrons. The van der Waals surface area contributed by atoms with Crippen LogP contribution in [0, 0.1) is 5.82 Å². The highest BCUT2D eigenvalue weighted by Gasteiger charge is 2.52. The van der Waals surface area contributed by atoms with Gasteiger partial charge in [0, 0.05) is 17.8 Å². The summed E-state index contributed by atoms with van der Waals surface area (Å²) in [4.78, 5) is 16.6. The average Bonchev–Trinajstić information content (AvgIpc) is 2.97. The van der Waals surface area contributed by atoms with Gasteiger partial charge in [-0.3, -0.25) is 9.78 Å². The Morgan fingerprint density at radius 2 is 2.13 bits per heavy atom. The van der Waals surface area contributed by atoms with Crippen molar-refractivity contribution < 1.29 is 9.18 Å². The number of hydrogen-bond acceptors (Lipinski definition) is 4. The van der Waals surface area contributed by atoms with E-state index in [0.717, 1.165) is 5.00 Å². The van der Waals surface area contributed by atoms with Crippen molar-refractivity contribution in [2.24, 2.45) is 0 Å². The monoisotopic (exact) mass is 328 g/mol. The molecule has 5 nitrogen and oxygen atoms in total. The van der Waals surface area contributed by atoms with Gasteiger partial charge < -0.3 is 5.32 Å². The molecule has 2 heterocycles. The molecule has 1 aromatic carbocycles. The van der Waals surface area contributed by atoms with Crippen LogP contribution in [0.2, 0.25) is 0 Å². The molecule has 1 amide bonds. The maximum absolute atomic E-state index is 14.0. The Morgan fingerprint density at radius 3 is 2.83 bits per heavy atom. The van der Waals surface area contributed by atoms with Gasteiger partial charge in [0.2, 0.25) is 5.91 Å². The first-order valence-electron chi connectivity index (χ1n) is 7.20. The van der Waals surface area contributed by atoms with Crippen LogP contribution in [-0.2, 0) is 10.2 Å². The SMILES string of the molecule is O=C(Nc1ccn(-c2cncs2)n1)C1(c2ccccc2F)CC1. The Balaban J connectivity index is 1.56. The summed E-state index contributed by atoms with van der Waals surface area (Å²) in [5, 5.41) is 7.97. The van der Waals surface area contributed by atoms with Gasteiger partial charge in [0.05, 0.1) is 17.1 Å². The Hall–Kier alpha value is -2.54. The van der Waals surface area contributed by atoms with Gasteiger partial charge >= 0.3 is 0 Å². The minimum absolute atomic E-state index is 0.211. The first-order chi connectivity index (χ1) is 11.2. The van der Waals surface area contributed by atoms with Crippen LogP contribution in [0.1, 0.15) is 18.4 Å². The third-order valence-corrected chi connectivity index (χ3v) is 4.81. The molecule has 0 bridgehead atoms. The number of carbonyl (C=O) groups is 1. The molecule has 0 radical (unpaired) electrons. The second kappa shape index (κ2) is 5.27. The number of halogens is 1. The smallest absolute Gasteiger partial charge is 0.236 e. The summed E-state index contributed by atoms with van der Waals surface area (Å²) in [5.41, 5.74) is 1.41. The molecule has 0 atom stereocenters. The molecule has 1 saturated carbocycles. The molecule has 1 aliphatic rings. The van der Waals surface area contributed by atoms with Gasteiger partial charge in [-0.2, -0.15) is 0 Å². The van der Waals surface area contributed by atoms with Crippen molar-refractivity contribution in [2.45, 2.75) is 18.3 Å². The minimum atomic E-state index is -0.764. The maximum Gasteiger partial charge on any atom is 0.236 e. The van der Waals surface area contributed by atoms with E-state index in [0.29, 0.717) is 24.2 Å². The van der Waals surface area contributed by atoms with Crippen LogP contribution >= 0.6 is 11.3 Å². The fraction of sp³-hybridized carbons (Fsp3) is 0.188. The van der Waals surface area contributed by atoms with Crippen LogP contribution < -0.4 is 5.32 Å². The van der Waals surface area contributed by atoms with E-state index in [4.69, 9.17) is 0 Å². The van der Waals surface area contributed by atoms with E-state index in [1.54, 1.807) is 46.9 Å². The first kappa shape index (κ1) is 14.1. The number of aromatic nitrogens is 3. The molecule has 0 unspecified atom stereocenters. The molecule has 0 spiro atoms. The Morgan fingerprint density at radius 1 is 1.30 bits per heavy atom. The zero-order valence-electron chi connectivity index (χ0n) is 12.1. The van der Waals surface area contributed by atoms with E-state index >= 15 is 0 Å². The fourth-order valence-corrected chi connectivity index (χ4v) is 3.23. The first-order valence-corrected chi connectivity index (χ1v) is 8.08. The van der Waals surface area contributed by atoms with Crippen molar-refractivity contribution in [3.63, 3.8) is 0 Å². The minimum Gasteiger partial charge on any atom is -0.308 e. The molecule has 1 aliphatic carbocycles. The molecular weight excluding hydrogens is 315 g/mol. The van der Waals surface area contributed by atoms with Crippen molar-refractivity contribution in [1.82, 2.24) is 14.8 Å². The molecule has 23 heavy (non-hydrogen) atoms. The molecule has 3 aromatic rings. The highest BCUT2D eigenvalue weighted by molar-refractivity contribution is 7.12. The Bertz CT molecular complexity index is 855. The number of anilines is 1. The molecule has 0 saturated heterocycles. The van der Waals surface area contributed by atoms with E-state index in [-0.39, 0.29) is 11.7 Å². The van der Waals surface area contributed by atoms with Crippen molar-refractivity contribution in [3.8, 4) is 5.00 Å². The number of nitrogens with one attached hydrogen (secondary N) is 1. The molecule has 4 rings (SSSR count). The lowest BCUT2D eigenvalue weighted by Gasteiger charge is -2.15. The number of hydrogen-bond donors (Lipinski definition) is 1. The lowest BCUT2D eigenvalue weighted by Crippen LogP contribution is -2.28. The van der Waals surface area contributed by atoms with Gasteiger partial charge in [-0.25, -0.2) is 9.07 Å². The second-order valence-electron chi connectivity index (χ2n) is 5.50. The van der Waals surface area contributed by atoms with Crippen molar-refractivity contribution >= 4 is 23.1 Å². The van der Waals surface area contributed by atoms with Crippen molar-refractivity contribution in [1.29, 1.82) is 0 Å². The molecule has 7 heteroatoms. The van der Waals surface area contributed by atoms with Crippen LogP contribution in [0.15, 0.2) is 48.2 Å². The molecule has 1 N–H and O–H groups in total.